The summed E-state index contributed by atoms with van der Waals surface area (Å²) in [6.45, 7) is 0.791. The Bertz CT molecular complexity index is 667. The quantitative estimate of drug-likeness (QED) is 0.892. The molecule has 1 unspecified atom stereocenters. The second kappa shape index (κ2) is 7.29. The number of rotatable bonds is 5. The lowest BCUT2D eigenvalue weighted by molar-refractivity contribution is -0.116. The molecule has 120 valence electrons. The molecule has 0 aromatic heterocycles. The van der Waals surface area contributed by atoms with Gasteiger partial charge in [-0.3, -0.25) is 4.79 Å². The summed E-state index contributed by atoms with van der Waals surface area (Å²) in [6.07, 6.45) is 1.95. The van der Waals surface area contributed by atoms with E-state index < -0.39 is 0 Å². The van der Waals surface area contributed by atoms with E-state index in [1.165, 1.54) is 0 Å². The van der Waals surface area contributed by atoms with Gasteiger partial charge in [0.25, 0.3) is 0 Å². The average Bonchev–Trinajstić information content (AvgIpc) is 2.57. The van der Waals surface area contributed by atoms with Gasteiger partial charge in [-0.1, -0.05) is 30.3 Å². The van der Waals surface area contributed by atoms with Gasteiger partial charge in [-0.25, -0.2) is 0 Å². The average molecular weight is 311 g/mol. The third-order valence-electron chi connectivity index (χ3n) is 4.15. The number of nitrogens with one attached hydrogen (secondary N) is 1. The number of amides is 1. The normalized spacial score (nSPS) is 16.3. The largest absolute Gasteiger partial charge is 0.493 e. The van der Waals surface area contributed by atoms with Crippen LogP contribution in [0.15, 0.2) is 48.5 Å². The van der Waals surface area contributed by atoms with Crippen molar-refractivity contribution in [3.05, 3.63) is 59.7 Å². The molecule has 1 heterocycles. The molecule has 2 aromatic carbocycles. The number of hydrogen-bond acceptors (Lipinski definition) is 3. The van der Waals surface area contributed by atoms with E-state index in [0.29, 0.717) is 19.4 Å². The van der Waals surface area contributed by atoms with Crippen molar-refractivity contribution in [1.29, 1.82) is 0 Å². The smallest absolute Gasteiger partial charge is 0.224 e. The Labute approximate surface area is 136 Å². The predicted octanol–water partition coefficient (Wildman–Crippen LogP) is 3.12. The molecule has 1 atom stereocenters. The van der Waals surface area contributed by atoms with Gasteiger partial charge in [-0.2, -0.15) is 0 Å². The van der Waals surface area contributed by atoms with Gasteiger partial charge in [-0.05, 0) is 48.1 Å². The molecule has 4 nitrogen and oxygen atoms in total. The highest BCUT2D eigenvalue weighted by molar-refractivity contribution is 5.91. The lowest BCUT2D eigenvalue weighted by atomic mass is 9.90. The van der Waals surface area contributed by atoms with Crippen molar-refractivity contribution in [3.8, 4) is 5.75 Å². The summed E-state index contributed by atoms with van der Waals surface area (Å²) >= 11 is 0. The maximum absolute atomic E-state index is 12.3. The number of hydrogen-bond donors (Lipinski definition) is 2. The molecule has 1 amide bonds. The molecule has 0 bridgehead atoms. The van der Waals surface area contributed by atoms with Crippen molar-refractivity contribution in [3.63, 3.8) is 0 Å². The fourth-order valence-electron chi connectivity index (χ4n) is 2.95. The van der Waals surface area contributed by atoms with E-state index in [0.717, 1.165) is 29.0 Å². The number of para-hydroxylation sites is 1. The van der Waals surface area contributed by atoms with Crippen molar-refractivity contribution < 1.29 is 14.6 Å². The summed E-state index contributed by atoms with van der Waals surface area (Å²) in [5.74, 6) is 1.11. The monoisotopic (exact) mass is 311 g/mol. The number of aliphatic hydroxyl groups is 1. The highest BCUT2D eigenvalue weighted by Gasteiger charge is 2.23. The van der Waals surface area contributed by atoms with Crippen LogP contribution in [0.4, 0.5) is 5.69 Å². The van der Waals surface area contributed by atoms with Gasteiger partial charge in [0, 0.05) is 18.7 Å². The van der Waals surface area contributed by atoms with Crippen molar-refractivity contribution in [2.45, 2.75) is 25.2 Å². The minimum absolute atomic E-state index is 0.0154. The Morgan fingerprint density at radius 2 is 1.96 bits per heavy atom. The summed E-state index contributed by atoms with van der Waals surface area (Å²) in [7, 11) is 0. The first-order valence-electron chi connectivity index (χ1n) is 7.97. The van der Waals surface area contributed by atoms with Crippen LogP contribution in [-0.4, -0.2) is 24.2 Å². The highest BCUT2D eigenvalue weighted by atomic mass is 16.5. The molecule has 0 saturated heterocycles. The van der Waals surface area contributed by atoms with Crippen LogP contribution in [0.5, 0.6) is 5.75 Å². The molecule has 0 saturated carbocycles. The highest BCUT2D eigenvalue weighted by Crippen LogP contribution is 2.35. The maximum Gasteiger partial charge on any atom is 0.224 e. The fourth-order valence-corrected chi connectivity index (χ4v) is 2.95. The van der Waals surface area contributed by atoms with Gasteiger partial charge >= 0.3 is 0 Å². The fraction of sp³-hybridized carbons (Fsp3) is 0.316. The molecule has 0 radical (unpaired) electrons. The van der Waals surface area contributed by atoms with Gasteiger partial charge in [0.2, 0.25) is 5.91 Å². The van der Waals surface area contributed by atoms with Crippen molar-refractivity contribution >= 4 is 11.6 Å². The van der Waals surface area contributed by atoms with E-state index in [9.17, 15) is 4.79 Å². The Balaban J connectivity index is 1.62. The summed E-state index contributed by atoms with van der Waals surface area (Å²) in [5, 5.41) is 11.9. The van der Waals surface area contributed by atoms with E-state index in [1.807, 2.05) is 48.5 Å². The first-order valence-corrected chi connectivity index (χ1v) is 7.97. The van der Waals surface area contributed by atoms with Crippen molar-refractivity contribution in [2.24, 2.45) is 0 Å². The van der Waals surface area contributed by atoms with Gasteiger partial charge in [-0.15, -0.1) is 0 Å². The molecule has 1 aliphatic rings. The van der Waals surface area contributed by atoms with E-state index >= 15 is 0 Å². The third kappa shape index (κ3) is 3.90. The van der Waals surface area contributed by atoms with Crippen molar-refractivity contribution in [2.75, 3.05) is 18.5 Å². The topological polar surface area (TPSA) is 58.6 Å². The molecule has 0 fully saturated rings. The van der Waals surface area contributed by atoms with Crippen LogP contribution in [0.2, 0.25) is 0 Å². The summed E-state index contributed by atoms with van der Waals surface area (Å²) in [5.41, 5.74) is 2.97. The Morgan fingerprint density at radius 3 is 2.74 bits per heavy atom. The SMILES string of the molecule is O=C(CC1CCOc2ccccc21)Nc1ccc(CCO)cc1. The van der Waals surface area contributed by atoms with Crippen LogP contribution in [0.1, 0.15) is 29.9 Å². The minimum Gasteiger partial charge on any atom is -0.493 e. The minimum atomic E-state index is 0.0154. The van der Waals surface area contributed by atoms with Crippen LogP contribution in [-0.2, 0) is 11.2 Å². The number of aliphatic hydroxyl groups excluding tert-OH is 1. The Hall–Kier alpha value is -2.33. The molecule has 0 aliphatic carbocycles. The predicted molar refractivity (Wildman–Crippen MR) is 89.8 cm³/mol. The van der Waals surface area contributed by atoms with Crippen LogP contribution < -0.4 is 10.1 Å². The molecular formula is C19H21NO3. The number of anilines is 1. The maximum atomic E-state index is 12.3. The first kappa shape index (κ1) is 15.6. The molecule has 4 heteroatoms. The number of carbonyl (C=O) groups is 1. The summed E-state index contributed by atoms with van der Waals surface area (Å²) in [4.78, 5) is 12.3. The molecular weight excluding hydrogens is 290 g/mol. The van der Waals surface area contributed by atoms with Crippen molar-refractivity contribution in [1.82, 2.24) is 0 Å². The lowest BCUT2D eigenvalue weighted by Crippen LogP contribution is -2.20. The molecule has 3 rings (SSSR count). The van der Waals surface area contributed by atoms with Gasteiger partial charge in [0.1, 0.15) is 5.75 Å². The first-order chi connectivity index (χ1) is 11.3. The second-order valence-electron chi connectivity index (χ2n) is 5.79. The standard InChI is InChI=1S/C19H21NO3/c21-11-9-14-5-7-16(8-6-14)20-19(22)13-15-10-12-23-18-4-2-1-3-17(15)18/h1-8,15,21H,9-13H2,(H,20,22). The van der Waals surface area contributed by atoms with Gasteiger partial charge in [0.15, 0.2) is 0 Å². The number of fused-ring (bicyclic) bond motifs is 1. The van der Waals surface area contributed by atoms with Gasteiger partial charge in [0.05, 0.1) is 6.61 Å². The lowest BCUT2D eigenvalue weighted by Gasteiger charge is -2.25. The Morgan fingerprint density at radius 1 is 1.17 bits per heavy atom. The van der Waals surface area contributed by atoms with E-state index in [-0.39, 0.29) is 18.4 Å². The van der Waals surface area contributed by atoms with Crippen LogP contribution in [0.25, 0.3) is 0 Å². The summed E-state index contributed by atoms with van der Waals surface area (Å²) in [6, 6.07) is 15.5. The van der Waals surface area contributed by atoms with E-state index in [1.54, 1.807) is 0 Å². The van der Waals surface area contributed by atoms with Crippen LogP contribution >= 0.6 is 0 Å². The Kier molecular flexibility index (Phi) is 4.93. The zero-order valence-electron chi connectivity index (χ0n) is 13.0. The van der Waals surface area contributed by atoms with Gasteiger partial charge < -0.3 is 15.2 Å². The molecule has 1 aliphatic heterocycles. The molecule has 2 N–H and O–H groups in total. The zero-order chi connectivity index (χ0) is 16.1. The third-order valence-corrected chi connectivity index (χ3v) is 4.15. The second-order valence-corrected chi connectivity index (χ2v) is 5.79. The molecule has 0 spiro atoms. The number of benzene rings is 2. The molecule has 23 heavy (non-hydrogen) atoms. The van der Waals surface area contributed by atoms with Crippen LogP contribution in [0.3, 0.4) is 0 Å². The number of ether oxygens (including phenoxy) is 1. The van der Waals surface area contributed by atoms with E-state index in [4.69, 9.17) is 9.84 Å². The number of carbonyl (C=O) groups excluding carboxylic acids is 1. The van der Waals surface area contributed by atoms with Crippen LogP contribution in [0, 0.1) is 0 Å². The molecule has 2 aromatic rings. The van der Waals surface area contributed by atoms with E-state index in [2.05, 4.69) is 5.32 Å². The zero-order valence-corrected chi connectivity index (χ0v) is 13.0. The summed E-state index contributed by atoms with van der Waals surface area (Å²) < 4.78 is 5.64.